The topological polar surface area (TPSA) is 49.6 Å². The zero-order valence-electron chi connectivity index (χ0n) is 11.5. The number of carbonyl (C=O) groups is 1. The lowest BCUT2D eigenvalue weighted by molar-refractivity contribution is 0.0633. The summed E-state index contributed by atoms with van der Waals surface area (Å²) in [4.78, 5) is 16.8. The number of piperazine rings is 1. The predicted molar refractivity (Wildman–Crippen MR) is 80.9 cm³/mol. The van der Waals surface area contributed by atoms with Crippen LogP contribution < -0.4 is 5.73 Å². The van der Waals surface area contributed by atoms with Crippen molar-refractivity contribution in [2.45, 2.75) is 12.8 Å². The van der Waals surface area contributed by atoms with Crippen LogP contribution >= 0.6 is 11.6 Å². The fraction of sp³-hybridized carbons (Fsp3) is 0.533. The molecule has 1 aliphatic heterocycles. The Kier molecular flexibility index (Phi) is 3.85. The van der Waals surface area contributed by atoms with Gasteiger partial charge in [0.15, 0.2) is 0 Å². The second kappa shape index (κ2) is 5.62. The van der Waals surface area contributed by atoms with Gasteiger partial charge in [0.25, 0.3) is 5.91 Å². The average Bonchev–Trinajstić information content (AvgIpc) is 3.23. The van der Waals surface area contributed by atoms with Crippen LogP contribution in [0, 0.1) is 5.92 Å². The van der Waals surface area contributed by atoms with E-state index in [0.717, 1.165) is 32.1 Å². The number of hydrogen-bond donors (Lipinski definition) is 1. The molecule has 0 atom stereocenters. The van der Waals surface area contributed by atoms with E-state index in [2.05, 4.69) is 4.90 Å². The Bertz CT molecular complexity index is 508. The molecule has 0 unspecified atom stereocenters. The van der Waals surface area contributed by atoms with Crippen molar-refractivity contribution in [3.8, 4) is 0 Å². The number of halogens is 1. The van der Waals surface area contributed by atoms with Crippen molar-refractivity contribution >= 4 is 23.2 Å². The van der Waals surface area contributed by atoms with Crippen molar-refractivity contribution in [2.75, 3.05) is 38.5 Å². The van der Waals surface area contributed by atoms with Crippen molar-refractivity contribution in [3.05, 3.63) is 28.8 Å². The van der Waals surface area contributed by atoms with Gasteiger partial charge in [-0.05, 0) is 37.0 Å². The van der Waals surface area contributed by atoms with Crippen LogP contribution in [0.3, 0.4) is 0 Å². The van der Waals surface area contributed by atoms with E-state index in [1.165, 1.54) is 19.4 Å². The summed E-state index contributed by atoms with van der Waals surface area (Å²) in [6, 6.07) is 5.07. The molecule has 4 nitrogen and oxygen atoms in total. The van der Waals surface area contributed by atoms with Crippen molar-refractivity contribution in [1.82, 2.24) is 9.80 Å². The van der Waals surface area contributed by atoms with E-state index < -0.39 is 0 Å². The molecule has 3 rings (SSSR count). The lowest BCUT2D eigenvalue weighted by atomic mass is 10.1. The third-order valence-electron chi connectivity index (χ3n) is 4.12. The molecule has 1 aromatic rings. The minimum absolute atomic E-state index is 0.0187. The molecule has 2 fully saturated rings. The van der Waals surface area contributed by atoms with Crippen LogP contribution in [0.1, 0.15) is 23.2 Å². The predicted octanol–water partition coefficient (Wildman–Crippen LogP) is 2.09. The number of hydrogen-bond acceptors (Lipinski definition) is 3. The van der Waals surface area contributed by atoms with E-state index in [4.69, 9.17) is 17.3 Å². The van der Waals surface area contributed by atoms with E-state index in [1.54, 1.807) is 18.2 Å². The molecule has 0 bridgehead atoms. The van der Waals surface area contributed by atoms with Crippen LogP contribution in [-0.2, 0) is 0 Å². The first kappa shape index (κ1) is 13.7. The van der Waals surface area contributed by atoms with Gasteiger partial charge < -0.3 is 10.6 Å². The van der Waals surface area contributed by atoms with Gasteiger partial charge >= 0.3 is 0 Å². The molecule has 1 amide bonds. The van der Waals surface area contributed by atoms with Gasteiger partial charge in [0.05, 0.1) is 5.56 Å². The van der Waals surface area contributed by atoms with Crippen molar-refractivity contribution in [1.29, 1.82) is 0 Å². The molecule has 108 valence electrons. The lowest BCUT2D eigenvalue weighted by Crippen LogP contribution is -2.49. The highest BCUT2D eigenvalue weighted by Gasteiger charge is 2.28. The summed E-state index contributed by atoms with van der Waals surface area (Å²) >= 11 is 5.87. The van der Waals surface area contributed by atoms with Crippen LogP contribution in [0.4, 0.5) is 5.69 Å². The zero-order valence-corrected chi connectivity index (χ0v) is 12.3. The smallest absolute Gasteiger partial charge is 0.256 e. The zero-order chi connectivity index (χ0) is 14.1. The minimum Gasteiger partial charge on any atom is -0.398 e. The number of amides is 1. The Balaban J connectivity index is 1.60. The molecule has 0 spiro atoms. The number of rotatable bonds is 3. The molecule has 1 aromatic carbocycles. The van der Waals surface area contributed by atoms with Gasteiger partial charge in [0, 0.05) is 43.4 Å². The molecule has 1 aliphatic carbocycles. The maximum Gasteiger partial charge on any atom is 0.256 e. The summed E-state index contributed by atoms with van der Waals surface area (Å²) in [7, 11) is 0. The Labute approximate surface area is 124 Å². The molecule has 5 heteroatoms. The summed E-state index contributed by atoms with van der Waals surface area (Å²) in [5.41, 5.74) is 6.91. The summed E-state index contributed by atoms with van der Waals surface area (Å²) < 4.78 is 0. The average molecular weight is 294 g/mol. The SMILES string of the molecule is Nc1cc(Cl)ccc1C(=O)N1CCN(CC2CC2)CC1. The van der Waals surface area contributed by atoms with Crippen LogP contribution in [0.25, 0.3) is 0 Å². The van der Waals surface area contributed by atoms with E-state index >= 15 is 0 Å². The summed E-state index contributed by atoms with van der Waals surface area (Å²) in [5.74, 6) is 0.925. The number of carbonyl (C=O) groups excluding carboxylic acids is 1. The van der Waals surface area contributed by atoms with Crippen LogP contribution in [0.15, 0.2) is 18.2 Å². The van der Waals surface area contributed by atoms with Crippen LogP contribution in [-0.4, -0.2) is 48.4 Å². The normalized spacial score (nSPS) is 20.1. The number of anilines is 1. The van der Waals surface area contributed by atoms with Gasteiger partial charge in [-0.3, -0.25) is 9.69 Å². The van der Waals surface area contributed by atoms with Gasteiger partial charge in [-0.25, -0.2) is 0 Å². The maximum atomic E-state index is 12.5. The molecule has 2 aliphatic rings. The quantitative estimate of drug-likeness (QED) is 0.868. The minimum atomic E-state index is 0.0187. The monoisotopic (exact) mass is 293 g/mol. The Morgan fingerprint density at radius 3 is 2.55 bits per heavy atom. The molecule has 2 N–H and O–H groups in total. The molecule has 0 aromatic heterocycles. The number of benzene rings is 1. The third kappa shape index (κ3) is 3.07. The molecular weight excluding hydrogens is 274 g/mol. The number of nitrogen functional groups attached to an aromatic ring is 1. The van der Waals surface area contributed by atoms with Crippen LogP contribution in [0.5, 0.6) is 0 Å². The highest BCUT2D eigenvalue weighted by Crippen LogP contribution is 2.30. The van der Waals surface area contributed by atoms with E-state index in [9.17, 15) is 4.79 Å². The Morgan fingerprint density at radius 1 is 1.25 bits per heavy atom. The van der Waals surface area contributed by atoms with Crippen molar-refractivity contribution in [2.24, 2.45) is 5.92 Å². The standard InChI is InChI=1S/C15H20ClN3O/c16-12-3-4-13(14(17)9-12)15(20)19-7-5-18(6-8-19)10-11-1-2-11/h3-4,9,11H,1-2,5-8,10,17H2. The Hall–Kier alpha value is -1.26. The summed E-state index contributed by atoms with van der Waals surface area (Å²) in [5, 5.41) is 0.563. The first-order valence-electron chi connectivity index (χ1n) is 7.20. The second-order valence-corrected chi connectivity index (χ2v) is 6.20. The maximum absolute atomic E-state index is 12.5. The molecule has 20 heavy (non-hydrogen) atoms. The van der Waals surface area contributed by atoms with E-state index in [1.807, 2.05) is 4.90 Å². The number of nitrogens with two attached hydrogens (primary N) is 1. The Morgan fingerprint density at radius 2 is 1.95 bits per heavy atom. The molecule has 1 saturated heterocycles. The third-order valence-corrected chi connectivity index (χ3v) is 4.35. The fourth-order valence-electron chi connectivity index (χ4n) is 2.70. The second-order valence-electron chi connectivity index (χ2n) is 5.77. The summed E-state index contributed by atoms with van der Waals surface area (Å²) in [6.07, 6.45) is 2.75. The molecule has 0 radical (unpaired) electrons. The van der Waals surface area contributed by atoms with Gasteiger partial charge in [0.2, 0.25) is 0 Å². The molecular formula is C15H20ClN3O. The first-order valence-corrected chi connectivity index (χ1v) is 7.58. The largest absolute Gasteiger partial charge is 0.398 e. The fourth-order valence-corrected chi connectivity index (χ4v) is 2.88. The summed E-state index contributed by atoms with van der Waals surface area (Å²) in [6.45, 7) is 4.71. The molecule has 1 heterocycles. The molecule has 1 saturated carbocycles. The van der Waals surface area contributed by atoms with Gasteiger partial charge in [0.1, 0.15) is 0 Å². The van der Waals surface area contributed by atoms with Crippen LogP contribution in [0.2, 0.25) is 5.02 Å². The van der Waals surface area contributed by atoms with Gasteiger partial charge in [-0.1, -0.05) is 11.6 Å². The van der Waals surface area contributed by atoms with E-state index in [0.29, 0.717) is 16.3 Å². The highest BCUT2D eigenvalue weighted by atomic mass is 35.5. The van der Waals surface area contributed by atoms with Crippen molar-refractivity contribution in [3.63, 3.8) is 0 Å². The number of nitrogens with zero attached hydrogens (tertiary/aromatic N) is 2. The van der Waals surface area contributed by atoms with Gasteiger partial charge in [-0.2, -0.15) is 0 Å². The highest BCUT2D eigenvalue weighted by molar-refractivity contribution is 6.31. The first-order chi connectivity index (χ1) is 9.63. The van der Waals surface area contributed by atoms with Crippen molar-refractivity contribution < 1.29 is 4.79 Å². The lowest BCUT2D eigenvalue weighted by Gasteiger charge is -2.35. The van der Waals surface area contributed by atoms with Gasteiger partial charge in [-0.15, -0.1) is 0 Å². The van der Waals surface area contributed by atoms with E-state index in [-0.39, 0.29) is 5.91 Å².